The number of nitrogens with zero attached hydrogens (tertiary/aromatic N) is 4. The molecule has 118 valence electrons. The lowest BCUT2D eigenvalue weighted by Crippen LogP contribution is -2.43. The maximum Gasteiger partial charge on any atom is 0.281 e. The number of halogens is 1. The van der Waals surface area contributed by atoms with E-state index in [0.717, 1.165) is 0 Å². The zero-order chi connectivity index (χ0) is 16.1. The van der Waals surface area contributed by atoms with E-state index in [9.17, 15) is 12.8 Å². The third-order valence-electron chi connectivity index (χ3n) is 3.85. The van der Waals surface area contributed by atoms with Crippen LogP contribution in [0.3, 0.4) is 0 Å². The highest BCUT2D eigenvalue weighted by Crippen LogP contribution is 2.36. The molecule has 22 heavy (non-hydrogen) atoms. The van der Waals surface area contributed by atoms with Gasteiger partial charge >= 0.3 is 0 Å². The minimum Gasteiger partial charge on any atom is -0.371 e. The Hall–Kier alpha value is -2.09. The van der Waals surface area contributed by atoms with Crippen LogP contribution < -0.4 is 9.21 Å². The number of fused-ring (bicyclic) bond motifs is 1. The molecule has 0 aliphatic carbocycles. The van der Waals surface area contributed by atoms with Crippen LogP contribution >= 0.6 is 0 Å². The van der Waals surface area contributed by atoms with Gasteiger partial charge in [-0.25, -0.2) is 4.39 Å². The molecule has 2 heterocycles. The molecule has 2 aromatic rings. The van der Waals surface area contributed by atoms with E-state index >= 15 is 0 Å². The predicted molar refractivity (Wildman–Crippen MR) is 82.1 cm³/mol. The number of benzene rings is 1. The van der Waals surface area contributed by atoms with E-state index in [-0.39, 0.29) is 11.6 Å². The second kappa shape index (κ2) is 4.98. The van der Waals surface area contributed by atoms with Gasteiger partial charge in [-0.3, -0.25) is 8.99 Å². The van der Waals surface area contributed by atoms with Gasteiger partial charge < -0.3 is 4.90 Å². The number of aryl methyl sites for hydroxylation is 2. The number of rotatable bonds is 2. The fourth-order valence-corrected chi connectivity index (χ4v) is 4.54. The summed E-state index contributed by atoms with van der Waals surface area (Å²) in [5.74, 6) is -0.462. The summed E-state index contributed by atoms with van der Waals surface area (Å²) in [6.07, 6.45) is 1.51. The quantitative estimate of drug-likeness (QED) is 0.840. The van der Waals surface area contributed by atoms with Gasteiger partial charge in [-0.15, -0.1) is 0 Å². The van der Waals surface area contributed by atoms with Gasteiger partial charge in [0.2, 0.25) is 0 Å². The van der Waals surface area contributed by atoms with Gasteiger partial charge in [0, 0.05) is 32.3 Å². The van der Waals surface area contributed by atoms with Crippen LogP contribution in [0.2, 0.25) is 0 Å². The van der Waals surface area contributed by atoms with E-state index in [1.807, 2.05) is 11.9 Å². The maximum atomic E-state index is 13.6. The van der Waals surface area contributed by atoms with E-state index in [1.54, 1.807) is 20.0 Å². The van der Waals surface area contributed by atoms with Gasteiger partial charge in [-0.05, 0) is 19.1 Å². The molecule has 0 fully saturated rings. The first-order valence-electron chi connectivity index (χ1n) is 6.84. The maximum absolute atomic E-state index is 13.6. The highest BCUT2D eigenvalue weighted by Gasteiger charge is 2.34. The van der Waals surface area contributed by atoms with Gasteiger partial charge in [0.25, 0.3) is 10.0 Å². The topological polar surface area (TPSA) is 58.4 Å². The normalized spacial score (nSPS) is 15.1. The molecule has 0 amide bonds. The van der Waals surface area contributed by atoms with Gasteiger partial charge in [0.05, 0.1) is 24.1 Å². The molecule has 1 aliphatic heterocycles. The largest absolute Gasteiger partial charge is 0.371 e. The Labute approximate surface area is 128 Å². The Bertz CT molecular complexity index is 812. The highest BCUT2D eigenvalue weighted by molar-refractivity contribution is 7.92. The lowest BCUT2D eigenvalue weighted by molar-refractivity contribution is 0.569. The molecule has 8 heteroatoms. The third-order valence-corrected chi connectivity index (χ3v) is 5.88. The average Bonchev–Trinajstić information content (AvgIpc) is 2.78. The molecule has 0 bridgehead atoms. The Morgan fingerprint density at radius 3 is 2.55 bits per heavy atom. The van der Waals surface area contributed by atoms with Crippen molar-refractivity contribution in [2.24, 2.45) is 7.05 Å². The number of aromatic nitrogens is 2. The predicted octanol–water partition coefficient (Wildman–Crippen LogP) is 1.51. The molecular weight excluding hydrogens is 307 g/mol. The second-order valence-corrected chi connectivity index (χ2v) is 7.17. The summed E-state index contributed by atoms with van der Waals surface area (Å²) in [5.41, 5.74) is 1.62. The molecule has 0 N–H and O–H groups in total. The standard InChI is InChI=1S/C14H17FN4O2S/c1-10-9-16-18(3)14(10)22(20,21)19-7-6-17(2)12-5-4-11(15)8-13(12)19/h4-5,8-9H,6-7H2,1-3H3. The van der Waals surface area contributed by atoms with Crippen molar-refractivity contribution in [3.05, 3.63) is 35.8 Å². The summed E-state index contributed by atoms with van der Waals surface area (Å²) in [4.78, 5) is 1.91. The minimum absolute atomic E-state index is 0.132. The molecule has 0 unspecified atom stereocenters. The van der Waals surface area contributed by atoms with Gasteiger partial charge in [0.15, 0.2) is 5.03 Å². The number of hydrogen-bond donors (Lipinski definition) is 0. The highest BCUT2D eigenvalue weighted by atomic mass is 32.2. The van der Waals surface area contributed by atoms with E-state index in [0.29, 0.717) is 23.5 Å². The van der Waals surface area contributed by atoms with Crippen LogP contribution in [-0.2, 0) is 17.1 Å². The van der Waals surface area contributed by atoms with Crippen LogP contribution in [-0.4, -0.2) is 38.3 Å². The van der Waals surface area contributed by atoms with Crippen molar-refractivity contribution in [2.75, 3.05) is 29.3 Å². The third kappa shape index (κ3) is 2.14. The average molecular weight is 324 g/mol. The molecule has 1 aliphatic rings. The summed E-state index contributed by atoms with van der Waals surface area (Å²) in [7, 11) is -0.350. The van der Waals surface area contributed by atoms with Crippen LogP contribution in [0.25, 0.3) is 0 Å². The van der Waals surface area contributed by atoms with Crippen molar-refractivity contribution >= 4 is 21.4 Å². The molecule has 6 nitrogen and oxygen atoms in total. The van der Waals surface area contributed by atoms with Crippen molar-refractivity contribution in [1.29, 1.82) is 0 Å². The monoisotopic (exact) mass is 324 g/mol. The van der Waals surface area contributed by atoms with Crippen LogP contribution in [0, 0.1) is 12.7 Å². The SMILES string of the molecule is Cc1cnn(C)c1S(=O)(=O)N1CCN(C)c2ccc(F)cc21. The van der Waals surface area contributed by atoms with Gasteiger partial charge in [0.1, 0.15) is 5.82 Å². The summed E-state index contributed by atoms with van der Waals surface area (Å²) in [6, 6.07) is 4.19. The van der Waals surface area contributed by atoms with Gasteiger partial charge in [-0.2, -0.15) is 13.5 Å². The summed E-state index contributed by atoms with van der Waals surface area (Å²) in [6.45, 7) is 2.50. The van der Waals surface area contributed by atoms with Crippen molar-refractivity contribution in [2.45, 2.75) is 11.9 Å². The fourth-order valence-electron chi connectivity index (χ4n) is 2.76. The van der Waals surface area contributed by atoms with E-state index < -0.39 is 15.8 Å². The Morgan fingerprint density at radius 1 is 1.18 bits per heavy atom. The van der Waals surface area contributed by atoms with Crippen LogP contribution in [0.5, 0.6) is 0 Å². The first-order valence-corrected chi connectivity index (χ1v) is 8.28. The lowest BCUT2D eigenvalue weighted by Gasteiger charge is -2.36. The van der Waals surface area contributed by atoms with Crippen molar-refractivity contribution in [3.63, 3.8) is 0 Å². The first kappa shape index (κ1) is 14.8. The number of likely N-dealkylation sites (N-methyl/N-ethyl adjacent to an activating group) is 1. The van der Waals surface area contributed by atoms with Crippen LogP contribution in [0.4, 0.5) is 15.8 Å². The van der Waals surface area contributed by atoms with E-state index in [4.69, 9.17) is 0 Å². The molecule has 0 spiro atoms. The molecule has 0 saturated heterocycles. The Balaban J connectivity index is 2.18. The Morgan fingerprint density at radius 2 is 1.91 bits per heavy atom. The molecule has 0 atom stereocenters. The zero-order valence-electron chi connectivity index (χ0n) is 12.6. The lowest BCUT2D eigenvalue weighted by atomic mass is 10.2. The minimum atomic E-state index is -3.79. The van der Waals surface area contributed by atoms with E-state index in [2.05, 4.69) is 5.10 Å². The Kier molecular flexibility index (Phi) is 3.36. The summed E-state index contributed by atoms with van der Waals surface area (Å²) >= 11 is 0. The number of anilines is 2. The van der Waals surface area contributed by atoms with E-state index in [1.165, 1.54) is 27.3 Å². The second-order valence-electron chi connectivity index (χ2n) is 5.39. The number of hydrogen-bond acceptors (Lipinski definition) is 4. The van der Waals surface area contributed by atoms with Crippen molar-refractivity contribution < 1.29 is 12.8 Å². The molecule has 0 saturated carbocycles. The molecule has 1 aromatic carbocycles. The van der Waals surface area contributed by atoms with Crippen LogP contribution in [0.15, 0.2) is 29.4 Å². The fraction of sp³-hybridized carbons (Fsp3) is 0.357. The molecule has 0 radical (unpaired) electrons. The molecule has 1 aromatic heterocycles. The summed E-state index contributed by atoms with van der Waals surface area (Å²) in [5, 5.41) is 4.12. The van der Waals surface area contributed by atoms with Crippen molar-refractivity contribution in [1.82, 2.24) is 9.78 Å². The first-order chi connectivity index (χ1) is 10.3. The summed E-state index contributed by atoms with van der Waals surface area (Å²) < 4.78 is 42.2. The zero-order valence-corrected chi connectivity index (χ0v) is 13.4. The van der Waals surface area contributed by atoms with Crippen LogP contribution in [0.1, 0.15) is 5.56 Å². The van der Waals surface area contributed by atoms with Gasteiger partial charge in [-0.1, -0.05) is 0 Å². The van der Waals surface area contributed by atoms with Crippen molar-refractivity contribution in [3.8, 4) is 0 Å². The molecule has 3 rings (SSSR count). The molecular formula is C14H17FN4O2S. The number of sulfonamides is 1. The smallest absolute Gasteiger partial charge is 0.281 e.